The third kappa shape index (κ3) is 3.30. The van der Waals surface area contributed by atoms with Crippen LogP contribution in [0.5, 0.6) is 0 Å². The summed E-state index contributed by atoms with van der Waals surface area (Å²) in [6.07, 6.45) is 4.10. The third-order valence-electron chi connectivity index (χ3n) is 5.86. The monoisotopic (exact) mass is 373 g/mol. The Balaban J connectivity index is 1.43. The van der Waals surface area contributed by atoms with Gasteiger partial charge in [0.05, 0.1) is 23.5 Å². The largest absolute Gasteiger partial charge is 0.375 e. The smallest absolute Gasteiger partial charge is 0.319 e. The van der Waals surface area contributed by atoms with E-state index in [1.807, 2.05) is 31.2 Å². The molecule has 1 aliphatic carbocycles. The molecule has 2 N–H and O–H groups in total. The predicted molar refractivity (Wildman–Crippen MR) is 102 cm³/mol. The molecule has 146 valence electrons. The van der Waals surface area contributed by atoms with Gasteiger partial charge in [-0.2, -0.15) is 0 Å². The summed E-state index contributed by atoms with van der Waals surface area (Å²) in [7, 11) is 0. The summed E-state index contributed by atoms with van der Waals surface area (Å²) in [6.45, 7) is 4.02. The molecule has 2 saturated heterocycles. The highest BCUT2D eigenvalue weighted by Crippen LogP contribution is 2.45. The van der Waals surface area contributed by atoms with E-state index in [-0.39, 0.29) is 24.1 Å². The van der Waals surface area contributed by atoms with Crippen LogP contribution in [-0.4, -0.2) is 49.4 Å². The fourth-order valence-electron chi connectivity index (χ4n) is 4.51. The van der Waals surface area contributed by atoms with E-state index in [1.165, 1.54) is 0 Å². The minimum absolute atomic E-state index is 0.0461. The average Bonchev–Trinajstić information content (AvgIpc) is 3.32. The van der Waals surface area contributed by atoms with Gasteiger partial charge in [-0.15, -0.1) is 0 Å². The van der Waals surface area contributed by atoms with Gasteiger partial charge in [0.25, 0.3) is 0 Å². The maximum atomic E-state index is 12.6. The topological polar surface area (TPSA) is 79.9 Å². The van der Waals surface area contributed by atoms with Gasteiger partial charge in [-0.25, -0.2) is 4.79 Å². The third-order valence-corrected chi connectivity index (χ3v) is 5.86. The summed E-state index contributed by atoms with van der Waals surface area (Å²) in [4.78, 5) is 26.5. The first-order valence-corrected chi connectivity index (χ1v) is 9.86. The highest BCUT2D eigenvalue weighted by Gasteiger charge is 2.59. The lowest BCUT2D eigenvalue weighted by Gasteiger charge is -2.52. The summed E-state index contributed by atoms with van der Waals surface area (Å²) in [5, 5.41) is 5.98. The van der Waals surface area contributed by atoms with Gasteiger partial charge in [-0.1, -0.05) is 12.1 Å². The molecule has 1 aromatic carbocycles. The maximum Gasteiger partial charge on any atom is 0.319 e. The van der Waals surface area contributed by atoms with Crippen LogP contribution >= 0.6 is 0 Å². The number of benzene rings is 1. The van der Waals surface area contributed by atoms with E-state index < -0.39 is 5.60 Å². The standard InChI is InChI=1S/C20H27N3O4/c1-2-26-17-13-16(20(17)10-6-12-27-20)22-19(25)21-14-7-3-4-8-15(14)23-11-5-9-18(23)24/h3-4,7-8,16-17H,2,5-6,9-13H2,1H3,(H2,21,22,25). The molecule has 0 aromatic heterocycles. The molecule has 0 radical (unpaired) electrons. The van der Waals surface area contributed by atoms with Crippen LogP contribution in [0.15, 0.2) is 24.3 Å². The van der Waals surface area contributed by atoms with Crippen molar-refractivity contribution in [1.82, 2.24) is 5.32 Å². The highest BCUT2D eigenvalue weighted by molar-refractivity contribution is 6.01. The molecular formula is C20H27N3O4. The Bertz CT molecular complexity index is 717. The van der Waals surface area contributed by atoms with Crippen LogP contribution in [0.2, 0.25) is 0 Å². The zero-order chi connectivity index (χ0) is 18.9. The molecule has 1 spiro atoms. The highest BCUT2D eigenvalue weighted by atomic mass is 16.6. The van der Waals surface area contributed by atoms with Gasteiger partial charge in [-0.3, -0.25) is 4.79 Å². The molecule has 3 unspecified atom stereocenters. The van der Waals surface area contributed by atoms with E-state index in [2.05, 4.69) is 10.6 Å². The van der Waals surface area contributed by atoms with Gasteiger partial charge in [0, 0.05) is 26.2 Å². The van der Waals surface area contributed by atoms with Crippen molar-refractivity contribution in [2.75, 3.05) is 30.0 Å². The van der Waals surface area contributed by atoms with Crippen molar-refractivity contribution in [1.29, 1.82) is 0 Å². The first-order valence-electron chi connectivity index (χ1n) is 9.86. The molecule has 3 atom stereocenters. The van der Waals surface area contributed by atoms with Gasteiger partial charge in [0.1, 0.15) is 5.60 Å². The maximum absolute atomic E-state index is 12.6. The number of para-hydroxylation sites is 2. The lowest BCUT2D eigenvalue weighted by Crippen LogP contribution is -2.70. The molecule has 3 aliphatic rings. The molecule has 2 heterocycles. The number of ether oxygens (including phenoxy) is 2. The minimum atomic E-state index is -0.391. The summed E-state index contributed by atoms with van der Waals surface area (Å²) >= 11 is 0. The van der Waals surface area contributed by atoms with E-state index in [0.29, 0.717) is 31.9 Å². The number of rotatable bonds is 5. The molecule has 3 amide bonds. The summed E-state index contributed by atoms with van der Waals surface area (Å²) in [5.41, 5.74) is 1.01. The molecule has 1 saturated carbocycles. The first kappa shape index (κ1) is 18.3. The Morgan fingerprint density at radius 1 is 1.37 bits per heavy atom. The van der Waals surface area contributed by atoms with E-state index in [0.717, 1.165) is 31.4 Å². The molecule has 3 fully saturated rings. The molecule has 2 aliphatic heterocycles. The Hall–Kier alpha value is -2.12. The SMILES string of the molecule is CCOC1CC(NC(=O)Nc2ccccc2N2CCCC2=O)C12CCCO2. The number of hydrogen-bond acceptors (Lipinski definition) is 4. The molecule has 0 bridgehead atoms. The Labute approximate surface area is 159 Å². The van der Waals surface area contributed by atoms with Crippen LogP contribution in [0, 0.1) is 0 Å². The van der Waals surface area contributed by atoms with Gasteiger partial charge < -0.3 is 25.0 Å². The minimum Gasteiger partial charge on any atom is -0.375 e. The Kier molecular flexibility index (Phi) is 5.06. The predicted octanol–water partition coefficient (Wildman–Crippen LogP) is 2.66. The molecule has 7 heteroatoms. The van der Waals surface area contributed by atoms with E-state index in [1.54, 1.807) is 4.90 Å². The molecule has 1 aromatic rings. The Morgan fingerprint density at radius 2 is 2.22 bits per heavy atom. The van der Waals surface area contributed by atoms with Crippen molar-refractivity contribution >= 4 is 23.3 Å². The van der Waals surface area contributed by atoms with Gasteiger partial charge in [-0.05, 0) is 44.7 Å². The first-order chi connectivity index (χ1) is 13.1. The summed E-state index contributed by atoms with van der Waals surface area (Å²) in [5.74, 6) is 0.0986. The number of carbonyl (C=O) groups excluding carboxylic acids is 2. The molecule has 4 rings (SSSR count). The normalized spacial score (nSPS) is 29.8. The van der Waals surface area contributed by atoms with Crippen LogP contribution in [0.25, 0.3) is 0 Å². The van der Waals surface area contributed by atoms with Gasteiger partial charge >= 0.3 is 6.03 Å². The summed E-state index contributed by atoms with van der Waals surface area (Å²) in [6, 6.07) is 7.10. The Morgan fingerprint density at radius 3 is 2.93 bits per heavy atom. The average molecular weight is 373 g/mol. The van der Waals surface area contributed by atoms with Crippen LogP contribution in [0.1, 0.15) is 39.0 Å². The van der Waals surface area contributed by atoms with E-state index in [9.17, 15) is 9.59 Å². The van der Waals surface area contributed by atoms with Crippen molar-refractivity contribution in [2.45, 2.75) is 56.8 Å². The van der Waals surface area contributed by atoms with Crippen LogP contribution in [0.4, 0.5) is 16.2 Å². The lowest BCUT2D eigenvalue weighted by atomic mass is 9.70. The quantitative estimate of drug-likeness (QED) is 0.832. The second-order valence-electron chi connectivity index (χ2n) is 7.40. The van der Waals surface area contributed by atoms with Crippen molar-refractivity contribution in [3.8, 4) is 0 Å². The van der Waals surface area contributed by atoms with Gasteiger partial charge in [0.2, 0.25) is 5.91 Å². The van der Waals surface area contributed by atoms with Gasteiger partial charge in [0.15, 0.2) is 0 Å². The number of urea groups is 1. The van der Waals surface area contributed by atoms with E-state index in [4.69, 9.17) is 9.47 Å². The van der Waals surface area contributed by atoms with Crippen molar-refractivity contribution < 1.29 is 19.1 Å². The second kappa shape index (κ2) is 7.48. The fourth-order valence-corrected chi connectivity index (χ4v) is 4.51. The summed E-state index contributed by atoms with van der Waals surface area (Å²) < 4.78 is 11.8. The van der Waals surface area contributed by atoms with Crippen LogP contribution in [0.3, 0.4) is 0 Å². The number of nitrogens with one attached hydrogen (secondary N) is 2. The van der Waals surface area contributed by atoms with Crippen molar-refractivity contribution in [3.05, 3.63) is 24.3 Å². The molecular weight excluding hydrogens is 346 g/mol. The van der Waals surface area contributed by atoms with Crippen molar-refractivity contribution in [2.24, 2.45) is 0 Å². The zero-order valence-corrected chi connectivity index (χ0v) is 15.7. The lowest BCUT2D eigenvalue weighted by molar-refractivity contribution is -0.194. The second-order valence-corrected chi connectivity index (χ2v) is 7.40. The number of amides is 3. The zero-order valence-electron chi connectivity index (χ0n) is 15.7. The number of hydrogen-bond donors (Lipinski definition) is 2. The molecule has 27 heavy (non-hydrogen) atoms. The van der Waals surface area contributed by atoms with Crippen LogP contribution < -0.4 is 15.5 Å². The van der Waals surface area contributed by atoms with E-state index >= 15 is 0 Å². The number of carbonyl (C=O) groups is 2. The number of nitrogens with zero attached hydrogens (tertiary/aromatic N) is 1. The molecule has 7 nitrogen and oxygen atoms in total. The number of anilines is 2. The van der Waals surface area contributed by atoms with Crippen LogP contribution in [-0.2, 0) is 14.3 Å². The van der Waals surface area contributed by atoms with Crippen molar-refractivity contribution in [3.63, 3.8) is 0 Å². The fraction of sp³-hybridized carbons (Fsp3) is 0.600.